The molecule has 0 aliphatic rings. The third kappa shape index (κ3) is 2.04. The highest BCUT2D eigenvalue weighted by molar-refractivity contribution is 9.11. The molecule has 0 saturated carbocycles. The van der Waals surface area contributed by atoms with Crippen LogP contribution in [0.4, 0.5) is 0 Å². The zero-order valence-corrected chi connectivity index (χ0v) is 7.42. The van der Waals surface area contributed by atoms with Gasteiger partial charge < -0.3 is 5.32 Å². The maximum absolute atomic E-state index is 4.11. The molecule has 50 valence electrons. The topological polar surface area (TPSA) is 24.9 Å². The van der Waals surface area contributed by atoms with Crippen LogP contribution in [0.25, 0.3) is 0 Å². The van der Waals surface area contributed by atoms with Gasteiger partial charge in [-0.3, -0.25) is 0 Å². The molecule has 0 aliphatic carbocycles. The second kappa shape index (κ2) is 3.29. The molecule has 0 bridgehead atoms. The van der Waals surface area contributed by atoms with Crippen molar-refractivity contribution in [2.45, 2.75) is 6.54 Å². The SMILES string of the molecule is CNCc1ncc(Br)s1. The Hall–Kier alpha value is 0.0700. The summed E-state index contributed by atoms with van der Waals surface area (Å²) >= 11 is 4.99. The van der Waals surface area contributed by atoms with E-state index in [-0.39, 0.29) is 0 Å². The average molecular weight is 207 g/mol. The maximum Gasteiger partial charge on any atom is 0.107 e. The molecule has 0 aromatic carbocycles. The largest absolute Gasteiger partial charge is 0.314 e. The molecule has 1 rings (SSSR count). The Labute approximate surface area is 66.4 Å². The van der Waals surface area contributed by atoms with Gasteiger partial charge in [-0.2, -0.15) is 0 Å². The standard InChI is InChI=1S/C5H7BrN2S/c1-7-3-5-8-2-4(6)9-5/h2,7H,3H2,1H3. The van der Waals surface area contributed by atoms with Gasteiger partial charge in [0, 0.05) is 6.54 Å². The molecule has 2 nitrogen and oxygen atoms in total. The number of hydrogen-bond donors (Lipinski definition) is 1. The van der Waals surface area contributed by atoms with Crippen molar-refractivity contribution < 1.29 is 0 Å². The molecular formula is C5H7BrN2S. The summed E-state index contributed by atoms with van der Waals surface area (Å²) in [7, 11) is 1.91. The van der Waals surface area contributed by atoms with Crippen LogP contribution >= 0.6 is 27.3 Å². The van der Waals surface area contributed by atoms with Gasteiger partial charge in [0.25, 0.3) is 0 Å². The molecule has 0 atom stereocenters. The molecule has 0 spiro atoms. The van der Waals surface area contributed by atoms with Crippen molar-refractivity contribution in [1.29, 1.82) is 0 Å². The monoisotopic (exact) mass is 206 g/mol. The van der Waals surface area contributed by atoms with E-state index < -0.39 is 0 Å². The second-order valence-corrected chi connectivity index (χ2v) is 4.08. The zero-order valence-electron chi connectivity index (χ0n) is 5.02. The van der Waals surface area contributed by atoms with E-state index in [0.717, 1.165) is 15.3 Å². The van der Waals surface area contributed by atoms with Crippen LogP contribution in [0.2, 0.25) is 0 Å². The second-order valence-electron chi connectivity index (χ2n) is 1.59. The van der Waals surface area contributed by atoms with Gasteiger partial charge in [0.1, 0.15) is 5.01 Å². The molecule has 0 aliphatic heterocycles. The van der Waals surface area contributed by atoms with Crippen molar-refractivity contribution in [3.05, 3.63) is 15.0 Å². The van der Waals surface area contributed by atoms with Gasteiger partial charge in [-0.15, -0.1) is 11.3 Å². The first kappa shape index (κ1) is 7.18. The molecule has 1 N–H and O–H groups in total. The zero-order chi connectivity index (χ0) is 6.69. The number of halogens is 1. The highest BCUT2D eigenvalue weighted by Gasteiger charge is 1.95. The van der Waals surface area contributed by atoms with Gasteiger partial charge in [-0.25, -0.2) is 4.98 Å². The predicted molar refractivity (Wildman–Crippen MR) is 42.6 cm³/mol. The lowest BCUT2D eigenvalue weighted by Gasteiger charge is -1.88. The Bertz CT molecular complexity index is 187. The first-order valence-electron chi connectivity index (χ1n) is 2.57. The highest BCUT2D eigenvalue weighted by Crippen LogP contribution is 2.18. The van der Waals surface area contributed by atoms with E-state index in [1.165, 1.54) is 0 Å². The minimum atomic E-state index is 0.857. The molecule has 9 heavy (non-hydrogen) atoms. The lowest BCUT2D eigenvalue weighted by Crippen LogP contribution is -2.03. The van der Waals surface area contributed by atoms with Crippen LogP contribution in [0.1, 0.15) is 5.01 Å². The van der Waals surface area contributed by atoms with Crippen LogP contribution in [0.3, 0.4) is 0 Å². The Morgan fingerprint density at radius 3 is 3.11 bits per heavy atom. The summed E-state index contributed by atoms with van der Waals surface area (Å²) in [4.78, 5) is 4.11. The van der Waals surface area contributed by atoms with Crippen molar-refractivity contribution >= 4 is 27.3 Å². The molecular weight excluding hydrogens is 200 g/mol. The quantitative estimate of drug-likeness (QED) is 0.797. The van der Waals surface area contributed by atoms with Crippen molar-refractivity contribution in [3.8, 4) is 0 Å². The Morgan fingerprint density at radius 2 is 2.67 bits per heavy atom. The van der Waals surface area contributed by atoms with Crippen molar-refractivity contribution in [2.24, 2.45) is 0 Å². The minimum absolute atomic E-state index is 0.857. The Morgan fingerprint density at radius 1 is 1.89 bits per heavy atom. The van der Waals surface area contributed by atoms with Crippen LogP contribution < -0.4 is 5.32 Å². The summed E-state index contributed by atoms with van der Waals surface area (Å²) in [6.45, 7) is 0.857. The van der Waals surface area contributed by atoms with Gasteiger partial charge in [0.15, 0.2) is 0 Å². The minimum Gasteiger partial charge on any atom is -0.314 e. The molecule has 4 heteroatoms. The number of hydrogen-bond acceptors (Lipinski definition) is 3. The summed E-state index contributed by atoms with van der Waals surface area (Å²) in [6.07, 6.45) is 1.82. The number of nitrogens with zero attached hydrogens (tertiary/aromatic N) is 1. The van der Waals surface area contributed by atoms with Crippen molar-refractivity contribution in [3.63, 3.8) is 0 Å². The summed E-state index contributed by atoms with van der Waals surface area (Å²) < 4.78 is 1.09. The highest BCUT2D eigenvalue weighted by atomic mass is 79.9. The summed E-state index contributed by atoms with van der Waals surface area (Å²) in [5.74, 6) is 0. The van der Waals surface area contributed by atoms with Gasteiger partial charge in [0.05, 0.1) is 9.98 Å². The van der Waals surface area contributed by atoms with E-state index in [1.807, 2.05) is 13.2 Å². The summed E-state index contributed by atoms with van der Waals surface area (Å²) in [5.41, 5.74) is 0. The van der Waals surface area contributed by atoms with Crippen LogP contribution in [-0.2, 0) is 6.54 Å². The fraction of sp³-hybridized carbons (Fsp3) is 0.400. The first-order valence-corrected chi connectivity index (χ1v) is 4.18. The van der Waals surface area contributed by atoms with E-state index >= 15 is 0 Å². The Balaban J connectivity index is 2.61. The smallest absolute Gasteiger partial charge is 0.107 e. The number of thiazole rings is 1. The van der Waals surface area contributed by atoms with Gasteiger partial charge in [-0.05, 0) is 23.0 Å². The molecule has 0 radical (unpaired) electrons. The molecule has 0 saturated heterocycles. The third-order valence-electron chi connectivity index (χ3n) is 0.853. The van der Waals surface area contributed by atoms with Crippen LogP contribution in [0, 0.1) is 0 Å². The number of rotatable bonds is 2. The molecule has 1 aromatic rings. The van der Waals surface area contributed by atoms with E-state index in [0.29, 0.717) is 0 Å². The Kier molecular flexibility index (Phi) is 2.63. The van der Waals surface area contributed by atoms with E-state index in [1.54, 1.807) is 11.3 Å². The van der Waals surface area contributed by atoms with E-state index in [4.69, 9.17) is 0 Å². The van der Waals surface area contributed by atoms with Crippen molar-refractivity contribution in [1.82, 2.24) is 10.3 Å². The van der Waals surface area contributed by atoms with Crippen LogP contribution in [0.15, 0.2) is 9.98 Å². The van der Waals surface area contributed by atoms with E-state index in [2.05, 4.69) is 26.2 Å². The first-order chi connectivity index (χ1) is 4.33. The third-order valence-corrected chi connectivity index (χ3v) is 2.33. The molecule has 1 aromatic heterocycles. The van der Waals surface area contributed by atoms with Crippen LogP contribution in [-0.4, -0.2) is 12.0 Å². The lowest BCUT2D eigenvalue weighted by molar-refractivity contribution is 0.810. The summed E-state index contributed by atoms with van der Waals surface area (Å²) in [6, 6.07) is 0. The predicted octanol–water partition coefficient (Wildman–Crippen LogP) is 1.62. The van der Waals surface area contributed by atoms with Gasteiger partial charge in [-0.1, -0.05) is 0 Å². The number of aromatic nitrogens is 1. The fourth-order valence-corrected chi connectivity index (χ4v) is 1.84. The molecule has 0 fully saturated rings. The molecule has 0 unspecified atom stereocenters. The molecule has 1 heterocycles. The van der Waals surface area contributed by atoms with Gasteiger partial charge >= 0.3 is 0 Å². The maximum atomic E-state index is 4.11. The lowest BCUT2D eigenvalue weighted by atomic mass is 10.7. The average Bonchev–Trinajstić information content (AvgIpc) is 2.17. The van der Waals surface area contributed by atoms with Crippen LogP contribution in [0.5, 0.6) is 0 Å². The summed E-state index contributed by atoms with van der Waals surface area (Å²) in [5, 5.41) is 4.14. The fourth-order valence-electron chi connectivity index (χ4n) is 0.521. The number of nitrogens with one attached hydrogen (secondary N) is 1. The normalized spacial score (nSPS) is 10.0. The van der Waals surface area contributed by atoms with E-state index in [9.17, 15) is 0 Å². The molecule has 0 amide bonds. The van der Waals surface area contributed by atoms with Crippen molar-refractivity contribution in [2.75, 3.05) is 7.05 Å². The van der Waals surface area contributed by atoms with Gasteiger partial charge in [0.2, 0.25) is 0 Å².